The highest BCUT2D eigenvalue weighted by Gasteiger charge is 2.63. The maximum atomic E-state index is 13.6. The smallest absolute Gasteiger partial charge is 0.339 e. The number of carbonyl (C=O) groups excluding carboxylic acids is 3. The summed E-state index contributed by atoms with van der Waals surface area (Å²) in [5.41, 5.74) is -3.08. The molecule has 4 aromatic rings. The molecule has 0 amide bonds. The van der Waals surface area contributed by atoms with Gasteiger partial charge in [-0.1, -0.05) is 67.4 Å². The molecule has 0 aliphatic carbocycles. The van der Waals surface area contributed by atoms with Gasteiger partial charge in [0.15, 0.2) is 6.23 Å². The molecule has 3 aromatic carbocycles. The fourth-order valence-corrected chi connectivity index (χ4v) is 4.76. The average molecular weight is 609 g/mol. The Balaban J connectivity index is 1.64. The van der Waals surface area contributed by atoms with Gasteiger partial charge in [0, 0.05) is 18.7 Å². The molecule has 1 saturated heterocycles. The van der Waals surface area contributed by atoms with Gasteiger partial charge in [0.2, 0.25) is 11.7 Å². The molecule has 2 heterocycles. The molecule has 1 N–H and O–H groups in total. The van der Waals surface area contributed by atoms with Crippen LogP contribution in [0.3, 0.4) is 0 Å². The Morgan fingerprint density at radius 2 is 1.38 bits per heavy atom. The van der Waals surface area contributed by atoms with E-state index in [1.807, 2.05) is 0 Å². The van der Waals surface area contributed by atoms with Gasteiger partial charge in [0.25, 0.3) is 5.56 Å². The van der Waals surface area contributed by atoms with Crippen molar-refractivity contribution in [3.8, 4) is 11.8 Å². The molecule has 228 valence electrons. The van der Waals surface area contributed by atoms with E-state index >= 15 is 0 Å². The van der Waals surface area contributed by atoms with E-state index in [1.54, 1.807) is 73.7 Å². The van der Waals surface area contributed by atoms with Crippen molar-refractivity contribution >= 4 is 17.9 Å². The number of ether oxygens (including phenoxy) is 4. The summed E-state index contributed by atoms with van der Waals surface area (Å²) < 4.78 is 24.9. The Bertz CT molecular complexity index is 1840. The van der Waals surface area contributed by atoms with Crippen molar-refractivity contribution in [2.24, 2.45) is 0 Å². The van der Waals surface area contributed by atoms with Crippen LogP contribution in [0.15, 0.2) is 113 Å². The van der Waals surface area contributed by atoms with Crippen LogP contribution in [-0.2, 0) is 18.9 Å². The van der Waals surface area contributed by atoms with Crippen molar-refractivity contribution in [3.63, 3.8) is 0 Å². The summed E-state index contributed by atoms with van der Waals surface area (Å²) in [6.45, 7) is 1.25. The summed E-state index contributed by atoms with van der Waals surface area (Å²) in [7, 11) is 0. The molecule has 11 nitrogen and oxygen atoms in total. The summed E-state index contributed by atoms with van der Waals surface area (Å²) in [6, 6.07) is 25.4. The van der Waals surface area contributed by atoms with Crippen LogP contribution in [0.2, 0.25) is 0 Å². The predicted octanol–water partition coefficient (Wildman–Crippen LogP) is 3.53. The number of rotatable bonds is 8. The first-order valence-electron chi connectivity index (χ1n) is 14.1. The Morgan fingerprint density at radius 1 is 0.822 bits per heavy atom. The molecule has 5 rings (SSSR count). The Hall–Kier alpha value is -5.73. The van der Waals surface area contributed by atoms with Gasteiger partial charge in [-0.2, -0.15) is 0 Å². The van der Waals surface area contributed by atoms with Gasteiger partial charge in [0.1, 0.15) is 12.7 Å². The fraction of sp³-hybridized carbons (Fsp3) is 0.206. The van der Waals surface area contributed by atoms with Crippen LogP contribution in [0, 0.1) is 11.8 Å². The largest absolute Gasteiger partial charge is 0.459 e. The highest BCUT2D eigenvalue weighted by Crippen LogP contribution is 2.42. The molecule has 0 spiro atoms. The summed E-state index contributed by atoms with van der Waals surface area (Å²) >= 11 is 0. The molecule has 0 bridgehead atoms. The van der Waals surface area contributed by atoms with Crippen molar-refractivity contribution in [2.75, 3.05) is 6.61 Å². The average Bonchev–Trinajstić information content (AvgIpc) is 3.35. The van der Waals surface area contributed by atoms with Crippen LogP contribution >= 0.6 is 0 Å². The van der Waals surface area contributed by atoms with E-state index in [4.69, 9.17) is 18.9 Å². The number of hydrogen-bond acceptors (Lipinski definition) is 9. The maximum absolute atomic E-state index is 13.6. The quantitative estimate of drug-likeness (QED) is 0.181. The molecule has 45 heavy (non-hydrogen) atoms. The van der Waals surface area contributed by atoms with Gasteiger partial charge < -0.3 is 18.9 Å². The number of nitrogens with one attached hydrogen (secondary N) is 1. The first-order chi connectivity index (χ1) is 21.8. The number of carbonyl (C=O) groups is 3. The Kier molecular flexibility index (Phi) is 9.36. The van der Waals surface area contributed by atoms with E-state index < -0.39 is 59.8 Å². The minimum atomic E-state index is -2.09. The molecule has 1 aromatic heterocycles. The van der Waals surface area contributed by atoms with Crippen LogP contribution in [0.25, 0.3) is 0 Å². The monoisotopic (exact) mass is 608 g/mol. The zero-order valence-corrected chi connectivity index (χ0v) is 24.1. The lowest BCUT2D eigenvalue weighted by molar-refractivity contribution is -0.0785. The lowest BCUT2D eigenvalue weighted by Crippen LogP contribution is -2.54. The first kappa shape index (κ1) is 30.7. The molecular weight excluding hydrogens is 580 g/mol. The number of hydrogen-bond donors (Lipinski definition) is 1. The molecule has 1 fully saturated rings. The number of H-pyrrole nitrogens is 1. The summed E-state index contributed by atoms with van der Waals surface area (Å²) in [6.07, 6.45) is -2.97. The van der Waals surface area contributed by atoms with Gasteiger partial charge in [-0.15, -0.1) is 0 Å². The highest BCUT2D eigenvalue weighted by atomic mass is 16.7. The minimum Gasteiger partial charge on any atom is -0.459 e. The van der Waals surface area contributed by atoms with E-state index in [2.05, 4.69) is 16.8 Å². The first-order valence-corrected chi connectivity index (χ1v) is 14.1. The summed E-state index contributed by atoms with van der Waals surface area (Å²) in [5.74, 6) is 3.45. The zero-order chi connectivity index (χ0) is 31.8. The fourth-order valence-electron chi connectivity index (χ4n) is 4.76. The van der Waals surface area contributed by atoms with Gasteiger partial charge in [-0.25, -0.2) is 19.2 Å². The number of benzene rings is 3. The van der Waals surface area contributed by atoms with Crippen molar-refractivity contribution in [1.29, 1.82) is 0 Å². The van der Waals surface area contributed by atoms with Crippen LogP contribution in [0.4, 0.5) is 0 Å². The number of nitrogens with zero attached hydrogens (tertiary/aromatic N) is 1. The molecule has 0 saturated carbocycles. The standard InChI is InChI=1S/C34H28N2O9/c1-2-3-20-34(45-32(40)25-17-11-6-12-18-25)26(22-42-30(38)23-13-7-4-8-14-23)43-29(36-21-19-27(37)35-33(36)41)28(34)44-31(39)24-15-9-5-10-16-24/h4-19,21,26,28-29H,2,22H2,1H3,(H,35,37,41)/t26-,28+,29-,34-/m1/s1. The maximum Gasteiger partial charge on any atom is 0.339 e. The minimum absolute atomic E-state index is 0.160. The topological polar surface area (TPSA) is 143 Å². The van der Waals surface area contributed by atoms with Crippen molar-refractivity contribution in [2.45, 2.75) is 37.4 Å². The second-order valence-electron chi connectivity index (χ2n) is 9.89. The molecule has 4 atom stereocenters. The van der Waals surface area contributed by atoms with Crippen molar-refractivity contribution in [3.05, 3.63) is 141 Å². The SMILES string of the molecule is CCC#C[C@@]1(OC(=O)c2ccccc2)[C@@H](COC(=O)c2ccccc2)O[C@@H](n2ccc(=O)[nH]c2=O)[C@@H]1OC(=O)c1ccccc1. The molecule has 11 heteroatoms. The van der Waals surface area contributed by atoms with Crippen molar-refractivity contribution in [1.82, 2.24) is 9.55 Å². The van der Waals surface area contributed by atoms with Crippen LogP contribution < -0.4 is 11.2 Å². The Labute approximate surface area is 257 Å². The summed E-state index contributed by atoms with van der Waals surface area (Å²) in [4.78, 5) is 67.1. The molecule has 0 unspecified atom stereocenters. The lowest BCUT2D eigenvalue weighted by atomic mass is 9.91. The van der Waals surface area contributed by atoms with E-state index in [1.165, 1.54) is 24.3 Å². The predicted molar refractivity (Wildman–Crippen MR) is 160 cm³/mol. The molecular formula is C34H28N2O9. The third-order valence-corrected chi connectivity index (χ3v) is 6.94. The normalized spacial score (nSPS) is 20.3. The lowest BCUT2D eigenvalue weighted by Gasteiger charge is -2.33. The second-order valence-corrected chi connectivity index (χ2v) is 9.89. The van der Waals surface area contributed by atoms with Gasteiger partial charge in [-0.3, -0.25) is 14.3 Å². The second kappa shape index (κ2) is 13.7. The number of aromatic amines is 1. The van der Waals surface area contributed by atoms with E-state index in [0.29, 0.717) is 6.42 Å². The third-order valence-electron chi connectivity index (χ3n) is 6.94. The molecule has 1 aliphatic heterocycles. The van der Waals surface area contributed by atoms with E-state index in [-0.39, 0.29) is 16.7 Å². The van der Waals surface area contributed by atoms with Gasteiger partial charge in [-0.05, 0) is 42.3 Å². The van der Waals surface area contributed by atoms with Crippen molar-refractivity contribution < 1.29 is 33.3 Å². The van der Waals surface area contributed by atoms with Crippen LogP contribution in [0.5, 0.6) is 0 Å². The van der Waals surface area contributed by atoms with Crippen LogP contribution in [-0.4, -0.2) is 51.9 Å². The number of esters is 3. The summed E-state index contributed by atoms with van der Waals surface area (Å²) in [5, 5.41) is 0. The number of aromatic nitrogens is 2. The van der Waals surface area contributed by atoms with E-state index in [9.17, 15) is 24.0 Å². The zero-order valence-electron chi connectivity index (χ0n) is 24.1. The van der Waals surface area contributed by atoms with Gasteiger partial charge in [0.05, 0.1) is 16.7 Å². The van der Waals surface area contributed by atoms with E-state index in [0.717, 1.165) is 16.8 Å². The third kappa shape index (κ3) is 6.76. The highest BCUT2D eigenvalue weighted by molar-refractivity contribution is 5.91. The Morgan fingerprint density at radius 3 is 1.93 bits per heavy atom. The molecule has 1 aliphatic rings. The van der Waals surface area contributed by atoms with Crippen LogP contribution in [0.1, 0.15) is 50.6 Å². The van der Waals surface area contributed by atoms with Gasteiger partial charge >= 0.3 is 23.6 Å². The molecule has 0 radical (unpaired) electrons.